The van der Waals surface area contributed by atoms with E-state index >= 15 is 0 Å². The summed E-state index contributed by atoms with van der Waals surface area (Å²) in [6, 6.07) is 6.17. The van der Waals surface area contributed by atoms with Gasteiger partial charge in [-0.2, -0.15) is 0 Å². The first-order valence-electron chi connectivity index (χ1n) is 7.11. The Kier molecular flexibility index (Phi) is 6.19. The molecular weight excluding hydrogens is 328 g/mol. The van der Waals surface area contributed by atoms with Crippen molar-refractivity contribution in [2.75, 3.05) is 19.7 Å². The zero-order valence-corrected chi connectivity index (χ0v) is 13.6. The van der Waals surface area contributed by atoms with Crippen LogP contribution < -0.4 is 10.0 Å². The molecule has 2 N–H and O–H groups in total. The molecule has 1 unspecified atom stereocenters. The summed E-state index contributed by atoms with van der Waals surface area (Å²) in [6.07, 6.45) is 2.09. The average Bonchev–Trinajstić information content (AvgIpc) is 2.98. The summed E-state index contributed by atoms with van der Waals surface area (Å²) >= 11 is 5.86. The minimum absolute atomic E-state index is 0.0106. The summed E-state index contributed by atoms with van der Waals surface area (Å²) < 4.78 is 31.9. The number of carbonyl (C=O) groups excluding carboxylic acids is 1. The Hall–Kier alpha value is -1.15. The Morgan fingerprint density at radius 1 is 1.36 bits per heavy atom. The van der Waals surface area contributed by atoms with Crippen LogP contribution in [0.2, 0.25) is 5.02 Å². The minimum atomic E-state index is -3.70. The number of benzene rings is 1. The molecule has 6 nitrogen and oxygen atoms in total. The molecule has 1 aromatic carbocycles. The van der Waals surface area contributed by atoms with Gasteiger partial charge in [-0.05, 0) is 25.0 Å². The maximum absolute atomic E-state index is 12.1. The van der Waals surface area contributed by atoms with Crippen LogP contribution in [-0.2, 0) is 19.6 Å². The highest BCUT2D eigenvalue weighted by atomic mass is 35.5. The van der Waals surface area contributed by atoms with Gasteiger partial charge in [0.2, 0.25) is 15.9 Å². The van der Waals surface area contributed by atoms with Crippen LogP contribution in [0.15, 0.2) is 29.2 Å². The smallest absolute Gasteiger partial charge is 0.242 e. The van der Waals surface area contributed by atoms with Gasteiger partial charge in [-0.1, -0.05) is 23.7 Å². The quantitative estimate of drug-likeness (QED) is 0.779. The lowest BCUT2D eigenvalue weighted by Crippen LogP contribution is -2.34. The molecule has 1 atom stereocenters. The zero-order chi connectivity index (χ0) is 16.0. The predicted octanol–water partition coefficient (Wildman–Crippen LogP) is 1.30. The first kappa shape index (κ1) is 17.2. The van der Waals surface area contributed by atoms with Crippen molar-refractivity contribution in [1.82, 2.24) is 10.0 Å². The lowest BCUT2D eigenvalue weighted by atomic mass is 10.2. The summed E-state index contributed by atoms with van der Waals surface area (Å²) in [5.41, 5.74) is 0. The van der Waals surface area contributed by atoms with Crippen LogP contribution in [0, 0.1) is 0 Å². The number of carbonyl (C=O) groups is 1. The summed E-state index contributed by atoms with van der Waals surface area (Å²) in [4.78, 5) is 11.7. The molecule has 0 aromatic heterocycles. The van der Waals surface area contributed by atoms with Gasteiger partial charge < -0.3 is 10.1 Å². The molecule has 1 heterocycles. The molecule has 122 valence electrons. The van der Waals surface area contributed by atoms with Crippen molar-refractivity contribution < 1.29 is 17.9 Å². The van der Waals surface area contributed by atoms with Gasteiger partial charge in [0.25, 0.3) is 0 Å². The van der Waals surface area contributed by atoms with Gasteiger partial charge in [-0.3, -0.25) is 4.79 Å². The fourth-order valence-electron chi connectivity index (χ4n) is 2.16. The highest BCUT2D eigenvalue weighted by molar-refractivity contribution is 7.89. The average molecular weight is 347 g/mol. The zero-order valence-electron chi connectivity index (χ0n) is 12.0. The topological polar surface area (TPSA) is 84.5 Å². The summed E-state index contributed by atoms with van der Waals surface area (Å²) in [5.74, 6) is -0.211. The van der Waals surface area contributed by atoms with Crippen LogP contribution in [0.3, 0.4) is 0 Å². The second-order valence-corrected chi connectivity index (χ2v) is 7.16. The van der Waals surface area contributed by atoms with Crippen LogP contribution in [0.4, 0.5) is 0 Å². The Morgan fingerprint density at radius 2 is 2.14 bits per heavy atom. The van der Waals surface area contributed by atoms with E-state index in [1.165, 1.54) is 12.1 Å². The number of hydrogen-bond acceptors (Lipinski definition) is 4. The first-order chi connectivity index (χ1) is 10.5. The summed E-state index contributed by atoms with van der Waals surface area (Å²) in [6.45, 7) is 1.22. The second-order valence-electron chi connectivity index (χ2n) is 5.02. The molecule has 0 spiro atoms. The SMILES string of the molecule is O=C(CCNS(=O)(=O)c1ccccc1Cl)NCC1CCCO1. The van der Waals surface area contributed by atoms with Crippen molar-refractivity contribution in [3.8, 4) is 0 Å². The third kappa shape index (κ3) is 4.95. The number of amides is 1. The largest absolute Gasteiger partial charge is 0.376 e. The van der Waals surface area contributed by atoms with E-state index in [0.717, 1.165) is 19.4 Å². The Labute approximate surface area is 135 Å². The van der Waals surface area contributed by atoms with E-state index in [1.807, 2.05) is 0 Å². The normalized spacial score (nSPS) is 18.3. The van der Waals surface area contributed by atoms with Crippen molar-refractivity contribution in [3.05, 3.63) is 29.3 Å². The molecule has 1 aromatic rings. The van der Waals surface area contributed by atoms with Crippen LogP contribution in [0.1, 0.15) is 19.3 Å². The monoisotopic (exact) mass is 346 g/mol. The highest BCUT2D eigenvalue weighted by Gasteiger charge is 2.18. The Bertz CT molecular complexity index is 615. The molecule has 0 aliphatic carbocycles. The molecular formula is C14H19ClN2O4S. The lowest BCUT2D eigenvalue weighted by Gasteiger charge is -2.11. The Morgan fingerprint density at radius 3 is 2.82 bits per heavy atom. The van der Waals surface area contributed by atoms with Crippen molar-refractivity contribution in [3.63, 3.8) is 0 Å². The van der Waals surface area contributed by atoms with Gasteiger partial charge in [0.1, 0.15) is 4.90 Å². The number of ether oxygens (including phenoxy) is 1. The van der Waals surface area contributed by atoms with Gasteiger partial charge >= 0.3 is 0 Å². The summed E-state index contributed by atoms with van der Waals surface area (Å²) in [5, 5.41) is 2.89. The molecule has 1 fully saturated rings. The van der Waals surface area contributed by atoms with E-state index in [0.29, 0.717) is 6.54 Å². The predicted molar refractivity (Wildman–Crippen MR) is 83.2 cm³/mol. The number of hydrogen-bond donors (Lipinski definition) is 2. The standard InChI is InChI=1S/C14H19ClN2O4S/c15-12-5-1-2-6-13(12)22(19,20)17-8-7-14(18)16-10-11-4-3-9-21-11/h1-2,5-6,11,17H,3-4,7-10H2,(H,16,18). The minimum Gasteiger partial charge on any atom is -0.376 e. The van der Waals surface area contributed by atoms with Crippen molar-refractivity contribution in [2.24, 2.45) is 0 Å². The molecule has 8 heteroatoms. The lowest BCUT2D eigenvalue weighted by molar-refractivity contribution is -0.121. The third-order valence-corrected chi connectivity index (χ3v) is 5.28. The summed E-state index contributed by atoms with van der Waals surface area (Å²) in [7, 11) is -3.70. The highest BCUT2D eigenvalue weighted by Crippen LogP contribution is 2.19. The van der Waals surface area contributed by atoms with Gasteiger partial charge in [-0.15, -0.1) is 0 Å². The van der Waals surface area contributed by atoms with Crippen LogP contribution >= 0.6 is 11.6 Å². The second kappa shape index (κ2) is 7.92. The molecule has 1 amide bonds. The fraction of sp³-hybridized carbons (Fsp3) is 0.500. The fourth-order valence-corrected chi connectivity index (χ4v) is 3.71. The van der Waals surface area contributed by atoms with Crippen molar-refractivity contribution >= 4 is 27.5 Å². The van der Waals surface area contributed by atoms with Crippen molar-refractivity contribution in [2.45, 2.75) is 30.3 Å². The van der Waals surface area contributed by atoms with Gasteiger partial charge in [0, 0.05) is 26.1 Å². The first-order valence-corrected chi connectivity index (χ1v) is 8.97. The van der Waals surface area contributed by atoms with E-state index in [9.17, 15) is 13.2 Å². The van der Waals surface area contributed by atoms with Crippen LogP contribution in [-0.4, -0.2) is 40.1 Å². The molecule has 1 saturated heterocycles. The van der Waals surface area contributed by atoms with Crippen LogP contribution in [0.5, 0.6) is 0 Å². The Balaban J connectivity index is 1.75. The van der Waals surface area contributed by atoms with Gasteiger partial charge in [0.05, 0.1) is 11.1 Å². The number of halogens is 1. The van der Waals surface area contributed by atoms with E-state index in [-0.39, 0.29) is 34.9 Å². The molecule has 2 rings (SSSR count). The number of rotatable bonds is 7. The molecule has 1 aliphatic rings. The van der Waals surface area contributed by atoms with E-state index in [4.69, 9.17) is 16.3 Å². The maximum Gasteiger partial charge on any atom is 0.242 e. The number of sulfonamides is 1. The van der Waals surface area contributed by atoms with E-state index in [1.54, 1.807) is 12.1 Å². The van der Waals surface area contributed by atoms with Crippen molar-refractivity contribution in [1.29, 1.82) is 0 Å². The van der Waals surface area contributed by atoms with E-state index < -0.39 is 10.0 Å². The molecule has 0 bridgehead atoms. The molecule has 22 heavy (non-hydrogen) atoms. The van der Waals surface area contributed by atoms with Gasteiger partial charge in [0.15, 0.2) is 0 Å². The molecule has 0 radical (unpaired) electrons. The van der Waals surface area contributed by atoms with Gasteiger partial charge in [-0.25, -0.2) is 13.1 Å². The maximum atomic E-state index is 12.1. The molecule has 0 saturated carbocycles. The third-order valence-electron chi connectivity index (χ3n) is 3.32. The van der Waals surface area contributed by atoms with Crippen LogP contribution in [0.25, 0.3) is 0 Å². The molecule has 1 aliphatic heterocycles. The number of nitrogens with one attached hydrogen (secondary N) is 2. The van der Waals surface area contributed by atoms with E-state index in [2.05, 4.69) is 10.0 Å².